The van der Waals surface area contributed by atoms with Crippen LogP contribution in [0, 0.1) is 17.0 Å². The predicted molar refractivity (Wildman–Crippen MR) is 71.6 cm³/mol. The summed E-state index contributed by atoms with van der Waals surface area (Å²) in [7, 11) is 0. The highest BCUT2D eigenvalue weighted by Crippen LogP contribution is 2.24. The Morgan fingerprint density at radius 1 is 1.22 bits per heavy atom. The summed E-state index contributed by atoms with van der Waals surface area (Å²) in [5.74, 6) is -0.963. The monoisotopic (exact) mass is 255 g/mol. The highest BCUT2D eigenvalue weighted by atomic mass is 19.1. The van der Waals surface area contributed by atoms with Gasteiger partial charge >= 0.3 is 0 Å². The van der Waals surface area contributed by atoms with Gasteiger partial charge in [0.1, 0.15) is 11.6 Å². The SMILES string of the molecule is CCNC(CCc1ccc(F)cc1F)C(C)(C)C. The summed E-state index contributed by atoms with van der Waals surface area (Å²) in [5, 5.41) is 3.43. The largest absolute Gasteiger partial charge is 0.314 e. The van der Waals surface area contributed by atoms with Gasteiger partial charge in [-0.25, -0.2) is 8.78 Å². The molecular formula is C15H23F2N. The normalized spacial score (nSPS) is 13.7. The van der Waals surface area contributed by atoms with Crippen LogP contribution in [-0.2, 0) is 6.42 Å². The van der Waals surface area contributed by atoms with E-state index in [0.717, 1.165) is 19.0 Å². The topological polar surface area (TPSA) is 12.0 Å². The standard InChI is InChI=1S/C15H23F2N/c1-5-18-14(15(2,3)4)9-7-11-6-8-12(16)10-13(11)17/h6,8,10,14,18H,5,7,9H2,1-4H3. The average molecular weight is 255 g/mol. The molecule has 1 nitrogen and oxygen atoms in total. The van der Waals surface area contributed by atoms with E-state index >= 15 is 0 Å². The van der Waals surface area contributed by atoms with Crippen molar-refractivity contribution in [2.24, 2.45) is 5.41 Å². The second-order valence-corrected chi connectivity index (χ2v) is 5.75. The summed E-state index contributed by atoms with van der Waals surface area (Å²) in [4.78, 5) is 0. The van der Waals surface area contributed by atoms with Gasteiger partial charge in [0.15, 0.2) is 0 Å². The van der Waals surface area contributed by atoms with Crippen LogP contribution in [0.1, 0.15) is 39.7 Å². The third-order valence-corrected chi connectivity index (χ3v) is 3.21. The molecule has 0 heterocycles. The van der Waals surface area contributed by atoms with E-state index < -0.39 is 11.6 Å². The van der Waals surface area contributed by atoms with Crippen molar-refractivity contribution in [2.45, 2.75) is 46.6 Å². The Labute approximate surface area is 109 Å². The van der Waals surface area contributed by atoms with Crippen LogP contribution in [0.5, 0.6) is 0 Å². The fourth-order valence-electron chi connectivity index (χ4n) is 2.11. The lowest BCUT2D eigenvalue weighted by molar-refractivity contribution is 0.258. The van der Waals surface area contributed by atoms with Crippen molar-refractivity contribution in [1.29, 1.82) is 0 Å². The summed E-state index contributed by atoms with van der Waals surface area (Å²) < 4.78 is 26.3. The number of nitrogens with one attached hydrogen (secondary N) is 1. The molecule has 0 amide bonds. The lowest BCUT2D eigenvalue weighted by Crippen LogP contribution is -2.40. The highest BCUT2D eigenvalue weighted by molar-refractivity contribution is 5.18. The van der Waals surface area contributed by atoms with Gasteiger partial charge in [0, 0.05) is 12.1 Å². The molecule has 1 aromatic rings. The zero-order valence-electron chi connectivity index (χ0n) is 11.7. The molecule has 0 saturated heterocycles. The fraction of sp³-hybridized carbons (Fsp3) is 0.600. The van der Waals surface area contributed by atoms with E-state index in [4.69, 9.17) is 0 Å². The molecule has 3 heteroatoms. The molecule has 1 unspecified atom stereocenters. The van der Waals surface area contributed by atoms with Crippen LogP contribution in [0.2, 0.25) is 0 Å². The van der Waals surface area contributed by atoms with Crippen LogP contribution in [0.3, 0.4) is 0 Å². The van der Waals surface area contributed by atoms with Gasteiger partial charge < -0.3 is 5.32 Å². The summed E-state index contributed by atoms with van der Waals surface area (Å²) in [5.41, 5.74) is 0.718. The lowest BCUT2D eigenvalue weighted by Gasteiger charge is -2.31. The molecule has 0 saturated carbocycles. The zero-order chi connectivity index (χ0) is 13.8. The third kappa shape index (κ3) is 4.37. The van der Waals surface area contributed by atoms with E-state index in [1.807, 2.05) is 0 Å². The average Bonchev–Trinajstić information content (AvgIpc) is 2.24. The van der Waals surface area contributed by atoms with Gasteiger partial charge in [0.05, 0.1) is 0 Å². The number of hydrogen-bond donors (Lipinski definition) is 1. The minimum atomic E-state index is -0.518. The van der Waals surface area contributed by atoms with Crippen molar-refractivity contribution in [3.8, 4) is 0 Å². The predicted octanol–water partition coefficient (Wildman–Crippen LogP) is 3.92. The Kier molecular flexibility index (Phi) is 5.27. The Hall–Kier alpha value is -0.960. The maximum absolute atomic E-state index is 13.5. The van der Waals surface area contributed by atoms with Crippen LogP contribution in [-0.4, -0.2) is 12.6 Å². The first-order chi connectivity index (χ1) is 8.34. The van der Waals surface area contributed by atoms with E-state index in [-0.39, 0.29) is 5.41 Å². The number of aryl methyl sites for hydroxylation is 1. The van der Waals surface area contributed by atoms with E-state index in [1.165, 1.54) is 12.1 Å². The molecule has 0 fully saturated rings. The number of rotatable bonds is 5. The molecule has 0 aromatic heterocycles. The van der Waals surface area contributed by atoms with E-state index in [1.54, 1.807) is 0 Å². The lowest BCUT2D eigenvalue weighted by atomic mass is 9.83. The summed E-state index contributed by atoms with van der Waals surface area (Å²) in [6.45, 7) is 9.47. The van der Waals surface area contributed by atoms with Crippen molar-refractivity contribution in [2.75, 3.05) is 6.54 Å². The molecule has 1 atom stereocenters. The van der Waals surface area contributed by atoms with Gasteiger partial charge in [-0.3, -0.25) is 0 Å². The van der Waals surface area contributed by atoms with Crippen molar-refractivity contribution < 1.29 is 8.78 Å². The molecule has 0 aliphatic heterocycles. The summed E-state index contributed by atoms with van der Waals surface area (Å²) in [6.07, 6.45) is 1.47. The number of halogens is 2. The molecule has 1 N–H and O–H groups in total. The minimum absolute atomic E-state index is 0.131. The van der Waals surface area contributed by atoms with Gasteiger partial charge in [0.25, 0.3) is 0 Å². The fourth-order valence-corrected chi connectivity index (χ4v) is 2.11. The maximum atomic E-state index is 13.5. The van der Waals surface area contributed by atoms with Crippen molar-refractivity contribution in [1.82, 2.24) is 5.32 Å². The first-order valence-electron chi connectivity index (χ1n) is 6.52. The Balaban J connectivity index is 2.67. The molecule has 1 aromatic carbocycles. The Bertz CT molecular complexity index is 383. The van der Waals surface area contributed by atoms with E-state index in [0.29, 0.717) is 18.0 Å². The van der Waals surface area contributed by atoms with Gasteiger partial charge in [-0.15, -0.1) is 0 Å². The van der Waals surface area contributed by atoms with Crippen LogP contribution in [0.25, 0.3) is 0 Å². The first-order valence-corrected chi connectivity index (χ1v) is 6.52. The van der Waals surface area contributed by atoms with Crippen LogP contribution < -0.4 is 5.32 Å². The Morgan fingerprint density at radius 3 is 2.39 bits per heavy atom. The number of hydrogen-bond acceptors (Lipinski definition) is 1. The number of benzene rings is 1. The molecular weight excluding hydrogens is 232 g/mol. The van der Waals surface area contributed by atoms with Gasteiger partial charge in [0.2, 0.25) is 0 Å². The second kappa shape index (κ2) is 6.28. The highest BCUT2D eigenvalue weighted by Gasteiger charge is 2.23. The summed E-state index contributed by atoms with van der Waals surface area (Å²) >= 11 is 0. The molecule has 0 bridgehead atoms. The van der Waals surface area contributed by atoms with Crippen molar-refractivity contribution >= 4 is 0 Å². The van der Waals surface area contributed by atoms with Crippen LogP contribution in [0.15, 0.2) is 18.2 Å². The molecule has 102 valence electrons. The molecule has 0 aliphatic rings. The Morgan fingerprint density at radius 2 is 1.89 bits per heavy atom. The molecule has 0 aliphatic carbocycles. The molecule has 1 rings (SSSR count). The summed E-state index contributed by atoms with van der Waals surface area (Å²) in [6, 6.07) is 4.13. The van der Waals surface area contributed by atoms with Crippen molar-refractivity contribution in [3.05, 3.63) is 35.4 Å². The van der Waals surface area contributed by atoms with Crippen molar-refractivity contribution in [3.63, 3.8) is 0 Å². The van der Waals surface area contributed by atoms with Crippen LogP contribution >= 0.6 is 0 Å². The van der Waals surface area contributed by atoms with E-state index in [2.05, 4.69) is 33.0 Å². The third-order valence-electron chi connectivity index (χ3n) is 3.21. The van der Waals surface area contributed by atoms with Gasteiger partial charge in [-0.1, -0.05) is 33.8 Å². The van der Waals surface area contributed by atoms with Gasteiger partial charge in [-0.2, -0.15) is 0 Å². The van der Waals surface area contributed by atoms with Crippen LogP contribution in [0.4, 0.5) is 8.78 Å². The quantitative estimate of drug-likeness (QED) is 0.841. The minimum Gasteiger partial charge on any atom is -0.314 e. The first kappa shape index (κ1) is 15.1. The smallest absolute Gasteiger partial charge is 0.129 e. The second-order valence-electron chi connectivity index (χ2n) is 5.75. The maximum Gasteiger partial charge on any atom is 0.129 e. The molecule has 0 radical (unpaired) electrons. The van der Waals surface area contributed by atoms with E-state index in [9.17, 15) is 8.78 Å². The van der Waals surface area contributed by atoms with Gasteiger partial charge in [-0.05, 0) is 36.4 Å². The molecule has 18 heavy (non-hydrogen) atoms. The zero-order valence-corrected chi connectivity index (χ0v) is 11.7. The molecule has 0 spiro atoms.